The Bertz CT molecular complexity index is 721. The van der Waals surface area contributed by atoms with Gasteiger partial charge < -0.3 is 15.0 Å². The summed E-state index contributed by atoms with van der Waals surface area (Å²) in [7, 11) is -3.92. The van der Waals surface area contributed by atoms with Crippen molar-refractivity contribution in [2.45, 2.75) is 36.6 Å². The molecule has 2 N–H and O–H groups in total. The zero-order valence-electron chi connectivity index (χ0n) is 12.6. The summed E-state index contributed by atoms with van der Waals surface area (Å²) in [6.45, 7) is 1.53. The van der Waals surface area contributed by atoms with Crippen LogP contribution in [0.2, 0.25) is 0 Å². The number of likely N-dealkylation sites (tertiary alicyclic amines) is 1. The van der Waals surface area contributed by atoms with Crippen LogP contribution in [0.15, 0.2) is 17.2 Å². The van der Waals surface area contributed by atoms with Crippen LogP contribution in [-0.2, 0) is 14.8 Å². The van der Waals surface area contributed by atoms with Gasteiger partial charge in [0, 0.05) is 25.8 Å². The van der Waals surface area contributed by atoms with E-state index in [-0.39, 0.29) is 23.0 Å². The van der Waals surface area contributed by atoms with Gasteiger partial charge in [-0.1, -0.05) is 0 Å². The van der Waals surface area contributed by atoms with Gasteiger partial charge in [-0.25, -0.2) is 8.42 Å². The minimum atomic E-state index is -3.92. The lowest BCUT2D eigenvalue weighted by atomic mass is 10.2. The topological polar surface area (TPSA) is 111 Å². The normalized spacial score (nSPS) is 22.6. The molecule has 3 rings (SSSR count). The third-order valence-corrected chi connectivity index (χ3v) is 6.26. The highest BCUT2D eigenvalue weighted by molar-refractivity contribution is 7.89. The highest BCUT2D eigenvalue weighted by atomic mass is 32.2. The molecule has 0 radical (unpaired) electrons. The van der Waals surface area contributed by atoms with Crippen molar-refractivity contribution in [1.29, 1.82) is 0 Å². The van der Waals surface area contributed by atoms with Crippen LogP contribution in [0.25, 0.3) is 0 Å². The van der Waals surface area contributed by atoms with Crippen molar-refractivity contribution >= 4 is 21.9 Å². The maximum absolute atomic E-state index is 12.6. The smallest absolute Gasteiger partial charge is 0.322 e. The van der Waals surface area contributed by atoms with Crippen molar-refractivity contribution < 1.29 is 23.1 Å². The number of aliphatic carboxylic acids is 1. The van der Waals surface area contributed by atoms with Crippen LogP contribution in [0.3, 0.4) is 0 Å². The standard InChI is InChI=1S/C14H19N3O5S/c18-13(16-5-1-2-6-16)11-8-10(9-15-11)23(21,22)17-7-3-4-12(17)14(19)20/h8-9,12,15H,1-7H2,(H,19,20). The van der Waals surface area contributed by atoms with E-state index >= 15 is 0 Å². The molecule has 9 heteroatoms. The monoisotopic (exact) mass is 341 g/mol. The van der Waals surface area contributed by atoms with E-state index in [1.165, 1.54) is 12.3 Å². The molecule has 2 aliphatic heterocycles. The molecular formula is C14H19N3O5S. The third kappa shape index (κ3) is 2.86. The molecule has 0 aromatic carbocycles. The molecule has 2 fully saturated rings. The average molecular weight is 341 g/mol. The number of H-pyrrole nitrogens is 1. The average Bonchev–Trinajstić information content (AvgIpc) is 3.25. The van der Waals surface area contributed by atoms with Crippen LogP contribution in [-0.4, -0.2) is 65.3 Å². The Kier molecular flexibility index (Phi) is 4.15. The van der Waals surface area contributed by atoms with E-state index in [9.17, 15) is 18.0 Å². The van der Waals surface area contributed by atoms with Gasteiger partial charge in [-0.15, -0.1) is 0 Å². The van der Waals surface area contributed by atoms with Crippen molar-refractivity contribution in [2.75, 3.05) is 19.6 Å². The number of hydrogen-bond donors (Lipinski definition) is 2. The number of nitrogens with one attached hydrogen (secondary N) is 1. The molecule has 1 unspecified atom stereocenters. The minimum absolute atomic E-state index is 0.0619. The summed E-state index contributed by atoms with van der Waals surface area (Å²) in [5.74, 6) is -1.37. The predicted molar refractivity (Wildman–Crippen MR) is 80.5 cm³/mol. The fourth-order valence-electron chi connectivity index (χ4n) is 3.15. The third-order valence-electron chi connectivity index (χ3n) is 4.38. The van der Waals surface area contributed by atoms with Gasteiger partial charge in [0.05, 0.1) is 0 Å². The molecule has 0 saturated carbocycles. The Balaban J connectivity index is 1.84. The van der Waals surface area contributed by atoms with Gasteiger partial charge >= 0.3 is 5.97 Å². The zero-order valence-corrected chi connectivity index (χ0v) is 13.4. The Morgan fingerprint density at radius 1 is 1.17 bits per heavy atom. The van der Waals surface area contributed by atoms with Crippen molar-refractivity contribution in [3.63, 3.8) is 0 Å². The van der Waals surface area contributed by atoms with E-state index in [4.69, 9.17) is 5.11 Å². The fourth-order valence-corrected chi connectivity index (χ4v) is 4.79. The Labute approximate surface area is 134 Å². The first-order valence-corrected chi connectivity index (χ1v) is 9.07. The van der Waals surface area contributed by atoms with Crippen LogP contribution in [0.1, 0.15) is 36.2 Å². The number of sulfonamides is 1. The number of nitrogens with zero attached hydrogens (tertiary/aromatic N) is 2. The second-order valence-corrected chi connectivity index (χ2v) is 7.75. The van der Waals surface area contributed by atoms with Crippen molar-refractivity contribution in [3.8, 4) is 0 Å². The number of aromatic nitrogens is 1. The Morgan fingerprint density at radius 3 is 2.52 bits per heavy atom. The van der Waals surface area contributed by atoms with Gasteiger partial charge in [-0.3, -0.25) is 9.59 Å². The van der Waals surface area contributed by atoms with Crippen LogP contribution < -0.4 is 0 Å². The molecule has 23 heavy (non-hydrogen) atoms. The molecule has 126 valence electrons. The SMILES string of the molecule is O=C(O)C1CCCN1S(=O)(=O)c1c[nH]c(C(=O)N2CCCC2)c1. The lowest BCUT2D eigenvalue weighted by Crippen LogP contribution is -2.40. The largest absolute Gasteiger partial charge is 0.480 e. The molecule has 2 saturated heterocycles. The van der Waals surface area contributed by atoms with Crippen LogP contribution >= 0.6 is 0 Å². The van der Waals surface area contributed by atoms with Crippen LogP contribution in [0.4, 0.5) is 0 Å². The first-order valence-electron chi connectivity index (χ1n) is 7.63. The summed E-state index contributed by atoms with van der Waals surface area (Å²) in [6.07, 6.45) is 3.98. The van der Waals surface area contributed by atoms with Gasteiger partial charge in [0.1, 0.15) is 16.6 Å². The quantitative estimate of drug-likeness (QED) is 0.828. The van der Waals surface area contributed by atoms with E-state index in [1.54, 1.807) is 4.90 Å². The highest BCUT2D eigenvalue weighted by Gasteiger charge is 2.40. The van der Waals surface area contributed by atoms with Gasteiger partial charge in [0.25, 0.3) is 5.91 Å². The molecular weight excluding hydrogens is 322 g/mol. The first kappa shape index (κ1) is 16.0. The van der Waals surface area contributed by atoms with Gasteiger partial charge in [0.15, 0.2) is 0 Å². The van der Waals surface area contributed by atoms with Crippen LogP contribution in [0.5, 0.6) is 0 Å². The first-order chi connectivity index (χ1) is 10.9. The molecule has 0 bridgehead atoms. The summed E-state index contributed by atoms with van der Waals surface area (Å²) >= 11 is 0. The van der Waals surface area contributed by atoms with Gasteiger partial charge in [-0.2, -0.15) is 4.31 Å². The second-order valence-electron chi connectivity index (χ2n) is 5.86. The molecule has 1 atom stereocenters. The number of carboxylic acid groups (broad SMARTS) is 1. The van der Waals surface area contributed by atoms with E-state index in [0.29, 0.717) is 25.9 Å². The van der Waals surface area contributed by atoms with E-state index in [0.717, 1.165) is 17.1 Å². The zero-order chi connectivity index (χ0) is 16.6. The molecule has 0 spiro atoms. The second kappa shape index (κ2) is 5.97. The predicted octanol–water partition coefficient (Wildman–Crippen LogP) is 0.488. The number of amides is 1. The highest BCUT2D eigenvalue weighted by Crippen LogP contribution is 2.27. The van der Waals surface area contributed by atoms with E-state index in [1.807, 2.05) is 0 Å². The molecule has 8 nitrogen and oxygen atoms in total. The van der Waals surface area contributed by atoms with Crippen molar-refractivity contribution in [3.05, 3.63) is 18.0 Å². The van der Waals surface area contributed by atoms with Crippen molar-refractivity contribution in [2.24, 2.45) is 0 Å². The van der Waals surface area contributed by atoms with Gasteiger partial charge in [-0.05, 0) is 31.7 Å². The molecule has 1 aromatic rings. The van der Waals surface area contributed by atoms with E-state index < -0.39 is 22.0 Å². The molecule has 3 heterocycles. The number of carbonyl (C=O) groups excluding carboxylic acids is 1. The molecule has 2 aliphatic rings. The molecule has 1 amide bonds. The maximum Gasteiger partial charge on any atom is 0.322 e. The Morgan fingerprint density at radius 2 is 1.87 bits per heavy atom. The number of carboxylic acids is 1. The maximum atomic E-state index is 12.6. The molecule has 1 aromatic heterocycles. The summed E-state index contributed by atoms with van der Waals surface area (Å²) < 4.78 is 26.3. The minimum Gasteiger partial charge on any atom is -0.480 e. The van der Waals surface area contributed by atoms with Crippen LogP contribution in [0, 0.1) is 0 Å². The summed E-state index contributed by atoms with van der Waals surface area (Å²) in [4.78, 5) is 27.8. The van der Waals surface area contributed by atoms with Crippen molar-refractivity contribution in [1.82, 2.24) is 14.2 Å². The summed E-state index contributed by atoms with van der Waals surface area (Å²) in [6, 6.07) is 0.264. The van der Waals surface area contributed by atoms with Gasteiger partial charge in [0.2, 0.25) is 10.0 Å². The molecule has 0 aliphatic carbocycles. The lowest BCUT2D eigenvalue weighted by molar-refractivity contribution is -0.140. The number of hydrogen-bond acceptors (Lipinski definition) is 4. The summed E-state index contributed by atoms with van der Waals surface area (Å²) in [5, 5.41) is 9.16. The Hall–Kier alpha value is -1.87. The lowest BCUT2D eigenvalue weighted by Gasteiger charge is -2.20. The number of rotatable bonds is 4. The number of aromatic amines is 1. The summed E-state index contributed by atoms with van der Waals surface area (Å²) in [5.41, 5.74) is 0.219. The van der Waals surface area contributed by atoms with E-state index in [2.05, 4.69) is 4.98 Å². The fraction of sp³-hybridized carbons (Fsp3) is 0.571. The number of carbonyl (C=O) groups is 2.